The topological polar surface area (TPSA) is 86.8 Å². The third kappa shape index (κ3) is 4.13. The molecule has 3 rings (SSSR count). The quantitative estimate of drug-likeness (QED) is 0.789. The van der Waals surface area contributed by atoms with Crippen molar-refractivity contribution in [2.45, 2.75) is 19.5 Å². The van der Waals surface area contributed by atoms with Gasteiger partial charge < -0.3 is 24.7 Å². The fourth-order valence-electron chi connectivity index (χ4n) is 3.20. The number of ether oxygens (including phenoxy) is 2. The molecule has 0 fully saturated rings. The van der Waals surface area contributed by atoms with Gasteiger partial charge in [-0.25, -0.2) is 0 Å². The van der Waals surface area contributed by atoms with Gasteiger partial charge in [-0.15, -0.1) is 0 Å². The number of amides is 2. The first kappa shape index (κ1) is 18.6. The summed E-state index contributed by atoms with van der Waals surface area (Å²) >= 11 is 0. The summed E-state index contributed by atoms with van der Waals surface area (Å²) in [6.07, 6.45) is 5.34. The predicted octanol–water partition coefficient (Wildman–Crippen LogP) is 1.98. The van der Waals surface area contributed by atoms with E-state index in [0.717, 1.165) is 17.8 Å². The van der Waals surface area contributed by atoms with E-state index in [9.17, 15) is 9.59 Å². The highest BCUT2D eigenvalue weighted by Crippen LogP contribution is 2.29. The van der Waals surface area contributed by atoms with Crippen LogP contribution in [-0.4, -0.2) is 41.5 Å². The van der Waals surface area contributed by atoms with Crippen molar-refractivity contribution in [1.82, 2.24) is 9.47 Å². The lowest BCUT2D eigenvalue weighted by Gasteiger charge is -2.34. The fourth-order valence-corrected chi connectivity index (χ4v) is 3.20. The largest absolute Gasteiger partial charge is 0.493 e. The minimum atomic E-state index is -0.562. The van der Waals surface area contributed by atoms with E-state index in [1.54, 1.807) is 30.4 Å². The molecule has 2 aromatic rings. The number of carbonyl (C=O) groups excluding carboxylic acids is 2. The Hall–Kier alpha value is -3.22. The molecule has 2 N–H and O–H groups in total. The number of nitrogens with zero attached hydrogens (tertiary/aromatic N) is 2. The van der Waals surface area contributed by atoms with Crippen LogP contribution in [0.4, 0.5) is 0 Å². The molecule has 1 atom stereocenters. The smallest absolute Gasteiger partial charge is 0.255 e. The maximum atomic E-state index is 12.6. The Labute approximate surface area is 158 Å². The first-order chi connectivity index (χ1) is 13.0. The molecular formula is C20H23N3O4. The highest BCUT2D eigenvalue weighted by Gasteiger charge is 2.25. The normalized spacial score (nSPS) is 16.2. The van der Waals surface area contributed by atoms with E-state index in [0.29, 0.717) is 18.0 Å². The van der Waals surface area contributed by atoms with Gasteiger partial charge in [0.05, 0.1) is 13.2 Å². The van der Waals surface area contributed by atoms with E-state index in [2.05, 4.69) is 4.57 Å². The number of nitrogens with two attached hydrogens (primary N) is 1. The summed E-state index contributed by atoms with van der Waals surface area (Å²) in [6, 6.07) is 9.29. The summed E-state index contributed by atoms with van der Waals surface area (Å²) in [4.78, 5) is 25.3. The Kier molecular flexibility index (Phi) is 5.49. The van der Waals surface area contributed by atoms with E-state index in [-0.39, 0.29) is 18.6 Å². The van der Waals surface area contributed by atoms with Crippen molar-refractivity contribution in [3.8, 4) is 11.5 Å². The minimum Gasteiger partial charge on any atom is -0.493 e. The lowest BCUT2D eigenvalue weighted by atomic mass is 10.1. The molecule has 0 unspecified atom stereocenters. The van der Waals surface area contributed by atoms with Gasteiger partial charge in [0.2, 0.25) is 5.91 Å². The number of hydrogen-bond acceptors (Lipinski definition) is 4. The molecule has 7 heteroatoms. The summed E-state index contributed by atoms with van der Waals surface area (Å²) in [5.41, 5.74) is 7.02. The molecule has 0 radical (unpaired) electrons. The Morgan fingerprint density at radius 3 is 2.81 bits per heavy atom. The van der Waals surface area contributed by atoms with Gasteiger partial charge in [-0.2, -0.15) is 0 Å². The van der Waals surface area contributed by atoms with Crippen molar-refractivity contribution in [3.63, 3.8) is 0 Å². The van der Waals surface area contributed by atoms with Crippen LogP contribution in [-0.2, 0) is 16.1 Å². The van der Waals surface area contributed by atoms with Gasteiger partial charge in [0.15, 0.2) is 18.1 Å². The maximum absolute atomic E-state index is 12.6. The maximum Gasteiger partial charge on any atom is 0.255 e. The fraction of sp³-hybridized carbons (Fsp3) is 0.300. The van der Waals surface area contributed by atoms with Gasteiger partial charge in [0, 0.05) is 31.1 Å². The molecule has 1 aromatic heterocycles. The SMILES string of the molecule is COc1cc(/C=C\C(=O)N2CCn3cccc3[C@@H]2C)ccc1OCC(N)=O. The van der Waals surface area contributed by atoms with E-state index < -0.39 is 5.91 Å². The number of hydrogen-bond donors (Lipinski definition) is 1. The van der Waals surface area contributed by atoms with Crippen LogP contribution in [0.15, 0.2) is 42.6 Å². The molecule has 7 nitrogen and oxygen atoms in total. The minimum absolute atomic E-state index is 0.0324. The zero-order valence-electron chi connectivity index (χ0n) is 15.4. The van der Waals surface area contributed by atoms with Crippen LogP contribution >= 0.6 is 0 Å². The molecule has 1 aliphatic rings. The first-order valence-electron chi connectivity index (χ1n) is 8.72. The van der Waals surface area contributed by atoms with Crippen molar-refractivity contribution in [2.24, 2.45) is 5.73 Å². The van der Waals surface area contributed by atoms with Crippen molar-refractivity contribution < 1.29 is 19.1 Å². The van der Waals surface area contributed by atoms with Gasteiger partial charge in [-0.1, -0.05) is 6.07 Å². The second-order valence-electron chi connectivity index (χ2n) is 6.33. The molecule has 0 aliphatic carbocycles. The highest BCUT2D eigenvalue weighted by atomic mass is 16.5. The molecule has 0 bridgehead atoms. The Balaban J connectivity index is 1.70. The highest BCUT2D eigenvalue weighted by molar-refractivity contribution is 5.92. The lowest BCUT2D eigenvalue weighted by Crippen LogP contribution is -2.39. The van der Waals surface area contributed by atoms with Crippen molar-refractivity contribution in [1.29, 1.82) is 0 Å². The molecule has 2 heterocycles. The van der Waals surface area contributed by atoms with Crippen LogP contribution in [0.25, 0.3) is 6.08 Å². The molecule has 2 amide bonds. The van der Waals surface area contributed by atoms with Crippen LogP contribution in [0.5, 0.6) is 11.5 Å². The van der Waals surface area contributed by atoms with E-state index in [4.69, 9.17) is 15.2 Å². The van der Waals surface area contributed by atoms with Gasteiger partial charge in [-0.3, -0.25) is 9.59 Å². The molecule has 0 saturated carbocycles. The van der Waals surface area contributed by atoms with Crippen molar-refractivity contribution in [3.05, 3.63) is 53.9 Å². The summed E-state index contributed by atoms with van der Waals surface area (Å²) in [6.45, 7) is 3.28. The van der Waals surface area contributed by atoms with Crippen LogP contribution in [0.1, 0.15) is 24.2 Å². The van der Waals surface area contributed by atoms with Crippen LogP contribution in [0, 0.1) is 0 Å². The van der Waals surface area contributed by atoms with E-state index in [1.807, 2.05) is 30.2 Å². The number of benzene rings is 1. The molecule has 0 spiro atoms. The zero-order valence-corrected chi connectivity index (χ0v) is 15.4. The van der Waals surface area contributed by atoms with Crippen molar-refractivity contribution >= 4 is 17.9 Å². The molecule has 1 aliphatic heterocycles. The molecular weight excluding hydrogens is 346 g/mol. The van der Waals surface area contributed by atoms with E-state index in [1.165, 1.54) is 7.11 Å². The number of rotatable bonds is 6. The molecule has 0 saturated heterocycles. The van der Waals surface area contributed by atoms with Gasteiger partial charge in [-0.05, 0) is 42.8 Å². The van der Waals surface area contributed by atoms with Crippen molar-refractivity contribution in [2.75, 3.05) is 20.3 Å². The van der Waals surface area contributed by atoms with Gasteiger partial charge in [0.1, 0.15) is 0 Å². The molecule has 1 aromatic carbocycles. The third-order valence-electron chi connectivity index (χ3n) is 4.60. The molecule has 27 heavy (non-hydrogen) atoms. The summed E-state index contributed by atoms with van der Waals surface area (Å²) < 4.78 is 12.8. The summed E-state index contributed by atoms with van der Waals surface area (Å²) in [7, 11) is 1.51. The standard InChI is InChI=1S/C20H23N3O4/c1-14-16-4-3-9-22(16)10-11-23(14)20(25)8-6-15-5-7-17(18(12-15)26-2)27-13-19(21)24/h3-9,12,14H,10-11,13H2,1-2H3,(H2,21,24)/b8-6-/t14-/m0/s1. The average Bonchev–Trinajstić information content (AvgIpc) is 3.14. The Bertz CT molecular complexity index is 872. The molecule has 142 valence electrons. The van der Waals surface area contributed by atoms with Crippen LogP contribution < -0.4 is 15.2 Å². The predicted molar refractivity (Wildman–Crippen MR) is 101 cm³/mol. The number of aromatic nitrogens is 1. The average molecular weight is 369 g/mol. The number of fused-ring (bicyclic) bond motifs is 1. The lowest BCUT2D eigenvalue weighted by molar-refractivity contribution is -0.129. The van der Waals surface area contributed by atoms with E-state index >= 15 is 0 Å². The van der Waals surface area contributed by atoms with Gasteiger partial charge >= 0.3 is 0 Å². The monoisotopic (exact) mass is 369 g/mol. The Morgan fingerprint density at radius 2 is 2.07 bits per heavy atom. The summed E-state index contributed by atoms with van der Waals surface area (Å²) in [5, 5.41) is 0. The number of primary amides is 1. The number of carbonyl (C=O) groups is 2. The zero-order chi connectivity index (χ0) is 19.4. The Morgan fingerprint density at radius 1 is 1.26 bits per heavy atom. The van der Waals surface area contributed by atoms with Gasteiger partial charge in [0.25, 0.3) is 5.91 Å². The van der Waals surface area contributed by atoms with Crippen LogP contribution in [0.2, 0.25) is 0 Å². The third-order valence-corrected chi connectivity index (χ3v) is 4.60. The number of methoxy groups -OCH3 is 1. The second-order valence-corrected chi connectivity index (χ2v) is 6.33. The van der Waals surface area contributed by atoms with Crippen LogP contribution in [0.3, 0.4) is 0 Å². The second kappa shape index (κ2) is 7.99. The first-order valence-corrected chi connectivity index (χ1v) is 8.72. The summed E-state index contributed by atoms with van der Waals surface area (Å²) in [5.74, 6) is 0.289.